The molecular formula is C30H38N4O6. The molecule has 0 saturated carbocycles. The molecule has 1 saturated heterocycles. The molecule has 0 bridgehead atoms. The molecule has 10 heteroatoms. The number of carbonyl (C=O) groups is 1. The van der Waals surface area contributed by atoms with E-state index in [1.165, 1.54) is 4.90 Å². The SMILES string of the molecule is COc1ccc2ccc(=O)n(CC[N+]3(C(C)(C)C)CCC(N(Cc4cc5c(cn4)OCCO5)C(=O)[O-])CC3)c2c1. The summed E-state index contributed by atoms with van der Waals surface area (Å²) >= 11 is 0. The van der Waals surface area contributed by atoms with Gasteiger partial charge in [0.15, 0.2) is 11.5 Å². The number of carboxylic acid groups (broad SMARTS) is 1. The molecule has 214 valence electrons. The van der Waals surface area contributed by atoms with E-state index < -0.39 is 6.09 Å². The first kappa shape index (κ1) is 27.8. The van der Waals surface area contributed by atoms with Crippen molar-refractivity contribution in [3.8, 4) is 17.2 Å². The van der Waals surface area contributed by atoms with Crippen molar-refractivity contribution >= 4 is 17.0 Å². The molecular weight excluding hydrogens is 512 g/mol. The maximum atomic E-state index is 13.0. The second-order valence-electron chi connectivity index (χ2n) is 11.7. The average Bonchev–Trinajstić information content (AvgIpc) is 2.94. The smallest absolute Gasteiger partial charge is 0.251 e. The highest BCUT2D eigenvalue weighted by Gasteiger charge is 2.44. The summed E-state index contributed by atoms with van der Waals surface area (Å²) in [4.78, 5) is 31.0. The normalized spacial score (nSPS) is 20.8. The van der Waals surface area contributed by atoms with Crippen LogP contribution in [0.2, 0.25) is 0 Å². The molecule has 2 aliphatic heterocycles. The minimum atomic E-state index is -1.20. The number of likely N-dealkylation sites (tertiary alicyclic amines) is 1. The van der Waals surface area contributed by atoms with Crippen LogP contribution in [0, 0.1) is 0 Å². The number of carbonyl (C=O) groups excluding carboxylic acids is 1. The van der Waals surface area contributed by atoms with Gasteiger partial charge in [-0.2, -0.15) is 0 Å². The third-order valence-electron chi connectivity index (χ3n) is 8.65. The first-order valence-corrected chi connectivity index (χ1v) is 13.9. The van der Waals surface area contributed by atoms with Crippen molar-refractivity contribution in [1.82, 2.24) is 14.5 Å². The Hall–Kier alpha value is -3.79. The summed E-state index contributed by atoms with van der Waals surface area (Å²) in [6, 6.07) is 10.8. The Kier molecular flexibility index (Phi) is 7.63. The van der Waals surface area contributed by atoms with E-state index in [1.807, 2.05) is 28.8 Å². The number of pyridine rings is 2. The molecule has 0 radical (unpaired) electrons. The molecule has 2 aliphatic rings. The van der Waals surface area contributed by atoms with Crippen LogP contribution in [-0.2, 0) is 13.1 Å². The van der Waals surface area contributed by atoms with Crippen molar-refractivity contribution in [3.63, 3.8) is 0 Å². The van der Waals surface area contributed by atoms with Gasteiger partial charge in [-0.3, -0.25) is 9.78 Å². The van der Waals surface area contributed by atoms with E-state index in [2.05, 4.69) is 25.8 Å². The minimum absolute atomic E-state index is 0.0437. The van der Waals surface area contributed by atoms with Crippen LogP contribution in [0.25, 0.3) is 10.9 Å². The van der Waals surface area contributed by atoms with Gasteiger partial charge in [-0.1, -0.05) is 0 Å². The van der Waals surface area contributed by atoms with Crippen molar-refractivity contribution in [3.05, 3.63) is 58.6 Å². The fraction of sp³-hybridized carbons (Fsp3) is 0.500. The number of amides is 1. The van der Waals surface area contributed by atoms with Crippen molar-refractivity contribution < 1.29 is 28.6 Å². The first-order valence-electron chi connectivity index (χ1n) is 13.9. The van der Waals surface area contributed by atoms with Crippen LogP contribution >= 0.6 is 0 Å². The highest BCUT2D eigenvalue weighted by molar-refractivity contribution is 5.80. The molecule has 4 heterocycles. The van der Waals surface area contributed by atoms with Gasteiger partial charge in [0.25, 0.3) is 5.56 Å². The molecule has 2 aromatic heterocycles. The molecule has 10 nitrogen and oxygen atoms in total. The van der Waals surface area contributed by atoms with Crippen molar-refractivity contribution in [2.45, 2.75) is 58.3 Å². The molecule has 5 rings (SSSR count). The maximum absolute atomic E-state index is 13.0. The zero-order valence-electron chi connectivity index (χ0n) is 23.7. The van der Waals surface area contributed by atoms with Gasteiger partial charge in [0.1, 0.15) is 25.1 Å². The van der Waals surface area contributed by atoms with E-state index in [0.29, 0.717) is 55.5 Å². The maximum Gasteiger partial charge on any atom is 0.251 e. The van der Waals surface area contributed by atoms with Crippen molar-refractivity contribution in [2.75, 3.05) is 40.0 Å². The number of hydrogen-bond acceptors (Lipinski definition) is 7. The van der Waals surface area contributed by atoms with E-state index in [-0.39, 0.29) is 23.7 Å². The van der Waals surface area contributed by atoms with E-state index in [0.717, 1.165) is 35.0 Å². The highest BCUT2D eigenvalue weighted by atomic mass is 16.6. The molecule has 0 aliphatic carbocycles. The Morgan fingerprint density at radius 3 is 2.50 bits per heavy atom. The zero-order valence-corrected chi connectivity index (χ0v) is 23.7. The van der Waals surface area contributed by atoms with Crippen LogP contribution in [0.4, 0.5) is 4.79 Å². The van der Waals surface area contributed by atoms with Crippen molar-refractivity contribution in [1.29, 1.82) is 0 Å². The largest absolute Gasteiger partial charge is 0.530 e. The quantitative estimate of drug-likeness (QED) is 0.417. The lowest BCUT2D eigenvalue weighted by Crippen LogP contribution is -2.66. The van der Waals surface area contributed by atoms with Crippen molar-refractivity contribution in [2.24, 2.45) is 0 Å². The second-order valence-corrected chi connectivity index (χ2v) is 11.7. The van der Waals surface area contributed by atoms with Crippen LogP contribution in [0.15, 0.2) is 47.4 Å². The van der Waals surface area contributed by atoms with Crippen LogP contribution < -0.4 is 24.9 Å². The summed E-state index contributed by atoms with van der Waals surface area (Å²) in [6.07, 6.45) is 1.76. The highest BCUT2D eigenvalue weighted by Crippen LogP contribution is 2.34. The number of fused-ring (bicyclic) bond motifs is 2. The molecule has 1 aromatic carbocycles. The predicted octanol–water partition coefficient (Wildman–Crippen LogP) is 2.80. The average molecular weight is 551 g/mol. The lowest BCUT2D eigenvalue weighted by molar-refractivity contribution is -0.975. The fourth-order valence-electron chi connectivity index (χ4n) is 6.10. The van der Waals surface area contributed by atoms with Crippen LogP contribution in [-0.4, -0.2) is 76.6 Å². The summed E-state index contributed by atoms with van der Waals surface area (Å²) in [5, 5.41) is 13.2. The standard InChI is InChI=1S/C30H38N4O6/c1-30(2,3)34(14-11-32-25-18-24(38-4)7-5-21(25)6-8-28(32)35)12-9-23(10-13-34)33(29(36)37)20-22-17-26-27(19-31-22)40-16-15-39-26/h5-8,17-19,23H,9-16,20H2,1-4H3. The number of aromatic nitrogens is 2. The van der Waals surface area contributed by atoms with E-state index in [1.54, 1.807) is 25.4 Å². The molecule has 0 unspecified atom stereocenters. The van der Waals surface area contributed by atoms with Gasteiger partial charge in [-0.15, -0.1) is 0 Å². The molecule has 1 amide bonds. The van der Waals surface area contributed by atoms with E-state index in [9.17, 15) is 14.7 Å². The number of benzene rings is 1. The predicted molar refractivity (Wildman–Crippen MR) is 149 cm³/mol. The topological polar surface area (TPSA) is 106 Å². The first-order chi connectivity index (χ1) is 19.1. The summed E-state index contributed by atoms with van der Waals surface area (Å²) in [6.45, 7) is 10.6. The van der Waals surface area contributed by atoms with E-state index >= 15 is 0 Å². The number of hydrogen-bond donors (Lipinski definition) is 0. The summed E-state index contributed by atoms with van der Waals surface area (Å²) in [5.74, 6) is 1.87. The van der Waals surface area contributed by atoms with Gasteiger partial charge in [0.2, 0.25) is 0 Å². The van der Waals surface area contributed by atoms with Gasteiger partial charge >= 0.3 is 0 Å². The minimum Gasteiger partial charge on any atom is -0.530 e. The summed E-state index contributed by atoms with van der Waals surface area (Å²) in [7, 11) is 1.62. The van der Waals surface area contributed by atoms with E-state index in [4.69, 9.17) is 14.2 Å². The lowest BCUT2D eigenvalue weighted by atomic mass is 9.92. The Bertz CT molecular complexity index is 1440. The molecule has 40 heavy (non-hydrogen) atoms. The number of nitrogens with zero attached hydrogens (tertiary/aromatic N) is 4. The second kappa shape index (κ2) is 11.0. The van der Waals surface area contributed by atoms with Gasteiger partial charge in [0, 0.05) is 37.1 Å². The van der Waals surface area contributed by atoms with Crippen LogP contribution in [0.1, 0.15) is 39.3 Å². The van der Waals surface area contributed by atoms with Gasteiger partial charge in [0.05, 0.1) is 62.8 Å². The molecule has 0 N–H and O–H groups in total. The monoisotopic (exact) mass is 550 g/mol. The molecule has 3 aromatic rings. The molecule has 0 atom stereocenters. The van der Waals surface area contributed by atoms with Crippen LogP contribution in [0.3, 0.4) is 0 Å². The number of quaternary nitrogens is 1. The Morgan fingerprint density at radius 2 is 1.82 bits per heavy atom. The van der Waals surface area contributed by atoms with Gasteiger partial charge in [-0.05, 0) is 44.4 Å². The number of rotatable bonds is 7. The third kappa shape index (κ3) is 5.45. The van der Waals surface area contributed by atoms with Gasteiger partial charge < -0.3 is 38.1 Å². The fourth-order valence-corrected chi connectivity index (χ4v) is 6.10. The van der Waals surface area contributed by atoms with Crippen LogP contribution in [0.5, 0.6) is 17.2 Å². The lowest BCUT2D eigenvalue weighted by Gasteiger charge is -2.53. The number of methoxy groups -OCH3 is 1. The number of ether oxygens (including phenoxy) is 3. The Labute approximate surface area is 234 Å². The Balaban J connectivity index is 1.33. The summed E-state index contributed by atoms with van der Waals surface area (Å²) < 4.78 is 19.2. The zero-order chi connectivity index (χ0) is 28.5. The molecule has 0 spiro atoms. The molecule has 1 fully saturated rings. The van der Waals surface area contributed by atoms with Gasteiger partial charge in [-0.25, -0.2) is 0 Å². The summed E-state index contributed by atoms with van der Waals surface area (Å²) in [5.41, 5.74) is 1.31. The third-order valence-corrected chi connectivity index (χ3v) is 8.65. The number of piperidine rings is 1. The Morgan fingerprint density at radius 1 is 1.12 bits per heavy atom.